The second-order valence-electron chi connectivity index (χ2n) is 5.98. The molecule has 0 aliphatic heterocycles. The smallest absolute Gasteiger partial charge is 0.165 e. The topological polar surface area (TPSA) is 41.5 Å². The van der Waals surface area contributed by atoms with Crippen molar-refractivity contribution in [2.45, 2.75) is 57.6 Å². The minimum Gasteiger partial charge on any atom is -0.487 e. The first-order chi connectivity index (χ1) is 10.1. The molecule has 118 valence electrons. The minimum absolute atomic E-state index is 0.175. The second-order valence-corrected chi connectivity index (χ2v) is 5.98. The van der Waals surface area contributed by atoms with Gasteiger partial charge in [0.15, 0.2) is 11.6 Å². The van der Waals surface area contributed by atoms with Gasteiger partial charge in [-0.05, 0) is 31.9 Å². The standard InChI is InChI=1S/C17H26FNO2/c1-2-11-19-12-14-7-6-8-15(18)16(14)21-13-17(20)9-4-3-5-10-17/h6-8,19-20H,2-5,9-13H2,1H3. The maximum atomic E-state index is 14.0. The SMILES string of the molecule is CCCNCc1cccc(F)c1OCC1(O)CCCCC1. The zero-order chi connectivity index (χ0) is 15.1. The van der Waals surface area contributed by atoms with Crippen LogP contribution in [0, 0.1) is 5.82 Å². The Labute approximate surface area is 126 Å². The summed E-state index contributed by atoms with van der Waals surface area (Å²) in [7, 11) is 0. The van der Waals surface area contributed by atoms with Gasteiger partial charge >= 0.3 is 0 Å². The Kier molecular flexibility index (Phi) is 6.00. The summed E-state index contributed by atoms with van der Waals surface area (Å²) in [6.45, 7) is 3.74. The van der Waals surface area contributed by atoms with E-state index in [2.05, 4.69) is 12.2 Å². The predicted molar refractivity (Wildman–Crippen MR) is 81.9 cm³/mol. The largest absolute Gasteiger partial charge is 0.487 e. The first kappa shape index (κ1) is 16.2. The summed E-state index contributed by atoms with van der Waals surface area (Å²) in [4.78, 5) is 0. The summed E-state index contributed by atoms with van der Waals surface area (Å²) in [6.07, 6.45) is 5.71. The van der Waals surface area contributed by atoms with E-state index in [1.54, 1.807) is 6.07 Å². The predicted octanol–water partition coefficient (Wildman–Crippen LogP) is 3.40. The van der Waals surface area contributed by atoms with Crippen LogP contribution in [0.4, 0.5) is 4.39 Å². The van der Waals surface area contributed by atoms with Crippen LogP contribution in [0.2, 0.25) is 0 Å². The molecule has 3 nitrogen and oxygen atoms in total. The first-order valence-corrected chi connectivity index (χ1v) is 7.98. The minimum atomic E-state index is -0.797. The number of para-hydroxylation sites is 1. The van der Waals surface area contributed by atoms with Gasteiger partial charge < -0.3 is 15.2 Å². The van der Waals surface area contributed by atoms with Gasteiger partial charge in [-0.2, -0.15) is 0 Å². The van der Waals surface area contributed by atoms with E-state index < -0.39 is 5.60 Å². The molecular weight excluding hydrogens is 269 g/mol. The van der Waals surface area contributed by atoms with Gasteiger partial charge in [0.25, 0.3) is 0 Å². The number of nitrogens with one attached hydrogen (secondary N) is 1. The number of halogens is 1. The Bertz CT molecular complexity index is 444. The fourth-order valence-electron chi connectivity index (χ4n) is 2.81. The summed E-state index contributed by atoms with van der Waals surface area (Å²) in [5.41, 5.74) is 0.0112. The van der Waals surface area contributed by atoms with E-state index in [9.17, 15) is 9.50 Å². The number of benzene rings is 1. The van der Waals surface area contributed by atoms with Crippen LogP contribution in [0.15, 0.2) is 18.2 Å². The Morgan fingerprint density at radius 3 is 2.76 bits per heavy atom. The van der Waals surface area contributed by atoms with Gasteiger partial charge in [0.1, 0.15) is 6.61 Å². The highest BCUT2D eigenvalue weighted by atomic mass is 19.1. The summed E-state index contributed by atoms with van der Waals surface area (Å²) >= 11 is 0. The van der Waals surface area contributed by atoms with Crippen LogP contribution in [0.1, 0.15) is 51.0 Å². The van der Waals surface area contributed by atoms with Crippen molar-refractivity contribution in [3.63, 3.8) is 0 Å². The highest BCUT2D eigenvalue weighted by molar-refractivity contribution is 5.35. The van der Waals surface area contributed by atoms with E-state index in [4.69, 9.17) is 4.74 Å². The molecule has 0 amide bonds. The molecule has 0 unspecified atom stereocenters. The molecule has 1 aromatic carbocycles. The first-order valence-electron chi connectivity index (χ1n) is 7.98. The summed E-state index contributed by atoms with van der Waals surface area (Å²) < 4.78 is 19.7. The number of aliphatic hydroxyl groups is 1. The van der Waals surface area contributed by atoms with Crippen molar-refractivity contribution in [1.82, 2.24) is 5.32 Å². The monoisotopic (exact) mass is 295 g/mol. The quantitative estimate of drug-likeness (QED) is 0.758. The summed E-state index contributed by atoms with van der Waals surface area (Å²) in [5, 5.41) is 13.7. The van der Waals surface area contributed by atoms with E-state index in [0.29, 0.717) is 6.54 Å². The molecule has 1 aliphatic carbocycles. The summed E-state index contributed by atoms with van der Waals surface area (Å²) in [6, 6.07) is 4.97. The molecule has 0 aromatic heterocycles. The molecule has 1 aliphatic rings. The molecule has 0 atom stereocenters. The van der Waals surface area contributed by atoms with Crippen molar-refractivity contribution in [2.75, 3.05) is 13.2 Å². The van der Waals surface area contributed by atoms with Crippen LogP contribution in [-0.2, 0) is 6.54 Å². The molecule has 1 fully saturated rings. The Balaban J connectivity index is 2.00. The number of hydrogen-bond acceptors (Lipinski definition) is 3. The molecule has 2 rings (SSSR count). The lowest BCUT2D eigenvalue weighted by molar-refractivity contribution is -0.0349. The normalized spacial score (nSPS) is 17.7. The summed E-state index contributed by atoms with van der Waals surface area (Å²) in [5.74, 6) is -0.0784. The van der Waals surface area contributed by atoms with Crippen LogP contribution >= 0.6 is 0 Å². The zero-order valence-corrected chi connectivity index (χ0v) is 12.8. The van der Waals surface area contributed by atoms with Gasteiger partial charge in [-0.25, -0.2) is 4.39 Å². The van der Waals surface area contributed by atoms with Gasteiger partial charge in [-0.1, -0.05) is 38.3 Å². The maximum Gasteiger partial charge on any atom is 0.165 e. The molecule has 1 saturated carbocycles. The van der Waals surface area contributed by atoms with Crippen LogP contribution in [0.3, 0.4) is 0 Å². The third kappa shape index (κ3) is 4.68. The van der Waals surface area contributed by atoms with Crippen molar-refractivity contribution in [3.05, 3.63) is 29.6 Å². The van der Waals surface area contributed by atoms with Crippen LogP contribution < -0.4 is 10.1 Å². The third-order valence-electron chi connectivity index (χ3n) is 4.06. The van der Waals surface area contributed by atoms with Crippen LogP contribution in [-0.4, -0.2) is 23.9 Å². The zero-order valence-electron chi connectivity index (χ0n) is 12.8. The van der Waals surface area contributed by atoms with Crippen molar-refractivity contribution < 1.29 is 14.2 Å². The fraction of sp³-hybridized carbons (Fsp3) is 0.647. The van der Waals surface area contributed by atoms with Crippen LogP contribution in [0.25, 0.3) is 0 Å². The average Bonchev–Trinajstić information content (AvgIpc) is 2.47. The average molecular weight is 295 g/mol. The van der Waals surface area contributed by atoms with E-state index in [1.165, 1.54) is 6.07 Å². The van der Waals surface area contributed by atoms with E-state index in [1.807, 2.05) is 6.07 Å². The highest BCUT2D eigenvalue weighted by Crippen LogP contribution is 2.30. The molecule has 4 heteroatoms. The molecule has 0 bridgehead atoms. The Morgan fingerprint density at radius 1 is 1.29 bits per heavy atom. The fourth-order valence-corrected chi connectivity index (χ4v) is 2.81. The molecule has 1 aromatic rings. The molecule has 0 radical (unpaired) electrons. The molecule has 0 heterocycles. The van der Waals surface area contributed by atoms with Gasteiger partial charge in [-0.15, -0.1) is 0 Å². The van der Waals surface area contributed by atoms with Gasteiger partial charge in [-0.3, -0.25) is 0 Å². The molecule has 0 spiro atoms. The maximum absolute atomic E-state index is 14.0. The molecule has 2 N–H and O–H groups in total. The van der Waals surface area contributed by atoms with E-state index in [0.717, 1.165) is 50.6 Å². The van der Waals surface area contributed by atoms with Crippen molar-refractivity contribution in [2.24, 2.45) is 0 Å². The van der Waals surface area contributed by atoms with Crippen LogP contribution in [0.5, 0.6) is 5.75 Å². The number of hydrogen-bond donors (Lipinski definition) is 2. The second kappa shape index (κ2) is 7.76. The van der Waals surface area contributed by atoms with Crippen molar-refractivity contribution >= 4 is 0 Å². The lowest BCUT2D eigenvalue weighted by Crippen LogP contribution is -2.38. The highest BCUT2D eigenvalue weighted by Gasteiger charge is 2.30. The van der Waals surface area contributed by atoms with E-state index in [-0.39, 0.29) is 18.2 Å². The van der Waals surface area contributed by atoms with Crippen molar-refractivity contribution in [3.8, 4) is 5.75 Å². The molecule has 21 heavy (non-hydrogen) atoms. The number of ether oxygens (including phenoxy) is 1. The van der Waals surface area contributed by atoms with E-state index >= 15 is 0 Å². The van der Waals surface area contributed by atoms with Crippen molar-refractivity contribution in [1.29, 1.82) is 0 Å². The molecule has 0 saturated heterocycles. The third-order valence-corrected chi connectivity index (χ3v) is 4.06. The molecular formula is C17H26FNO2. The van der Waals surface area contributed by atoms with Gasteiger partial charge in [0, 0.05) is 12.1 Å². The van der Waals surface area contributed by atoms with Gasteiger partial charge in [0.2, 0.25) is 0 Å². The lowest BCUT2D eigenvalue weighted by atomic mass is 9.85. The number of rotatable bonds is 7. The van der Waals surface area contributed by atoms with Gasteiger partial charge in [0.05, 0.1) is 5.60 Å². The Morgan fingerprint density at radius 2 is 2.05 bits per heavy atom. The lowest BCUT2D eigenvalue weighted by Gasteiger charge is -2.32. The Hall–Kier alpha value is -1.13.